The molecule has 0 bridgehead atoms. The maximum absolute atomic E-state index is 6.14. The van der Waals surface area contributed by atoms with Crippen LogP contribution in [0.1, 0.15) is 0 Å². The van der Waals surface area contributed by atoms with Gasteiger partial charge in [-0.2, -0.15) is 0 Å². The fourth-order valence-corrected chi connectivity index (χ4v) is 1.78. The molecule has 0 radical (unpaired) electrons. The molecule has 0 saturated carbocycles. The summed E-state index contributed by atoms with van der Waals surface area (Å²) in [7, 11) is 0. The average Bonchev–Trinajstić information content (AvgIpc) is 2.76. The van der Waals surface area contributed by atoms with Crippen molar-refractivity contribution in [3.63, 3.8) is 0 Å². The lowest BCUT2D eigenvalue weighted by molar-refractivity contribution is 1.15. The number of rotatable bonds is 1. The van der Waals surface area contributed by atoms with Crippen LogP contribution in [0.3, 0.4) is 0 Å². The molecule has 3 aromatic rings. The molecule has 0 spiro atoms. The fraction of sp³-hybridized carbons (Fsp3) is 0. The van der Waals surface area contributed by atoms with Gasteiger partial charge in [-0.1, -0.05) is 11.6 Å². The van der Waals surface area contributed by atoms with E-state index in [0.29, 0.717) is 16.5 Å². The van der Waals surface area contributed by atoms with Gasteiger partial charge in [0.2, 0.25) is 0 Å². The van der Waals surface area contributed by atoms with Gasteiger partial charge >= 0.3 is 0 Å². The van der Waals surface area contributed by atoms with Crippen LogP contribution < -0.4 is 0 Å². The van der Waals surface area contributed by atoms with Crippen molar-refractivity contribution in [1.29, 1.82) is 0 Å². The second-order valence-corrected chi connectivity index (χ2v) is 3.71. The van der Waals surface area contributed by atoms with Crippen molar-refractivity contribution >= 4 is 22.6 Å². The Morgan fingerprint density at radius 3 is 2.81 bits per heavy atom. The molecule has 0 atom stereocenters. The summed E-state index contributed by atoms with van der Waals surface area (Å²) in [4.78, 5) is 15.7. The number of hydrogen-bond acceptors (Lipinski definition) is 3. The normalized spacial score (nSPS) is 10.8. The zero-order valence-corrected chi connectivity index (χ0v) is 8.94. The largest absolute Gasteiger partial charge is 0.346 e. The van der Waals surface area contributed by atoms with Gasteiger partial charge in [0.1, 0.15) is 11.3 Å². The fourth-order valence-electron chi connectivity index (χ4n) is 1.53. The molecule has 0 saturated heterocycles. The summed E-state index contributed by atoms with van der Waals surface area (Å²) in [6, 6.07) is 5.53. The van der Waals surface area contributed by atoms with Gasteiger partial charge in [0, 0.05) is 24.0 Å². The van der Waals surface area contributed by atoms with E-state index in [1.54, 1.807) is 18.5 Å². The number of nitrogens with zero attached hydrogens (tertiary/aromatic N) is 3. The number of pyridine rings is 1. The molecule has 3 heterocycles. The Morgan fingerprint density at radius 2 is 2.00 bits per heavy atom. The molecule has 5 heteroatoms. The monoisotopic (exact) mass is 230 g/mol. The molecule has 1 N–H and O–H groups in total. The van der Waals surface area contributed by atoms with Crippen LogP contribution in [-0.4, -0.2) is 19.9 Å². The van der Waals surface area contributed by atoms with Crippen molar-refractivity contribution in [3.8, 4) is 11.5 Å². The van der Waals surface area contributed by atoms with Crippen LogP contribution in [0, 0.1) is 0 Å². The lowest BCUT2D eigenvalue weighted by Gasteiger charge is -2.01. The minimum Gasteiger partial charge on any atom is -0.346 e. The maximum Gasteiger partial charge on any atom is 0.179 e. The van der Waals surface area contributed by atoms with Crippen LogP contribution in [0.2, 0.25) is 5.02 Å². The van der Waals surface area contributed by atoms with Gasteiger partial charge in [-0.15, -0.1) is 0 Å². The Balaban J connectivity index is 2.27. The molecule has 0 unspecified atom stereocenters. The van der Waals surface area contributed by atoms with Gasteiger partial charge in [-0.05, 0) is 18.2 Å². The molecule has 78 valence electrons. The highest BCUT2D eigenvalue weighted by Crippen LogP contribution is 2.26. The summed E-state index contributed by atoms with van der Waals surface area (Å²) in [6.07, 6.45) is 5.15. The van der Waals surface area contributed by atoms with E-state index >= 15 is 0 Å². The number of nitrogens with one attached hydrogen (secondary N) is 1. The van der Waals surface area contributed by atoms with Crippen LogP contribution in [0.4, 0.5) is 0 Å². The lowest BCUT2D eigenvalue weighted by Crippen LogP contribution is -1.92. The predicted molar refractivity (Wildman–Crippen MR) is 62.1 cm³/mol. The Bertz CT molecular complexity index is 633. The van der Waals surface area contributed by atoms with Crippen molar-refractivity contribution in [1.82, 2.24) is 19.9 Å². The number of aromatic amines is 1. The lowest BCUT2D eigenvalue weighted by atomic mass is 10.3. The minimum atomic E-state index is 0.531. The number of hydrogen-bond donors (Lipinski definition) is 1. The molecule has 3 aromatic heterocycles. The SMILES string of the molecule is Clc1cc2cc[nH]c2nc1-c1ncccn1. The first-order chi connectivity index (χ1) is 7.84. The van der Waals surface area contributed by atoms with E-state index in [9.17, 15) is 0 Å². The minimum absolute atomic E-state index is 0.531. The van der Waals surface area contributed by atoms with E-state index in [-0.39, 0.29) is 0 Å². The van der Waals surface area contributed by atoms with Gasteiger partial charge in [0.15, 0.2) is 5.82 Å². The van der Waals surface area contributed by atoms with Gasteiger partial charge in [-0.25, -0.2) is 15.0 Å². The van der Waals surface area contributed by atoms with Gasteiger partial charge in [-0.3, -0.25) is 0 Å². The molecule has 0 aliphatic rings. The molecule has 0 fully saturated rings. The quantitative estimate of drug-likeness (QED) is 0.699. The van der Waals surface area contributed by atoms with Crippen molar-refractivity contribution in [2.45, 2.75) is 0 Å². The van der Waals surface area contributed by atoms with Crippen LogP contribution in [0.25, 0.3) is 22.6 Å². The summed E-state index contributed by atoms with van der Waals surface area (Å²) in [5, 5.41) is 1.53. The molecular formula is C11H7ClN4. The number of aromatic nitrogens is 4. The zero-order chi connectivity index (χ0) is 11.0. The molecule has 4 nitrogen and oxygen atoms in total. The standard InChI is InChI=1S/C11H7ClN4/c12-8-6-7-2-5-15-10(7)16-9(8)11-13-3-1-4-14-11/h1-6H,(H,15,16). The second kappa shape index (κ2) is 3.57. The predicted octanol–water partition coefficient (Wildman–Crippen LogP) is 2.67. The van der Waals surface area contributed by atoms with Crippen molar-refractivity contribution in [2.24, 2.45) is 0 Å². The smallest absolute Gasteiger partial charge is 0.179 e. The van der Waals surface area contributed by atoms with E-state index in [2.05, 4.69) is 19.9 Å². The highest BCUT2D eigenvalue weighted by atomic mass is 35.5. The van der Waals surface area contributed by atoms with E-state index in [1.807, 2.05) is 18.3 Å². The molecule has 0 aliphatic heterocycles. The topological polar surface area (TPSA) is 54.5 Å². The highest BCUT2D eigenvalue weighted by Gasteiger charge is 2.09. The van der Waals surface area contributed by atoms with Crippen molar-refractivity contribution in [3.05, 3.63) is 41.8 Å². The van der Waals surface area contributed by atoms with E-state index < -0.39 is 0 Å². The first-order valence-electron chi connectivity index (χ1n) is 4.75. The van der Waals surface area contributed by atoms with Gasteiger partial charge in [0.05, 0.1) is 5.02 Å². The molecule has 3 rings (SSSR count). The number of halogens is 1. The third-order valence-electron chi connectivity index (χ3n) is 2.27. The van der Waals surface area contributed by atoms with Gasteiger partial charge in [0.25, 0.3) is 0 Å². The molecule has 0 aliphatic carbocycles. The Labute approximate surface area is 96.3 Å². The van der Waals surface area contributed by atoms with Crippen LogP contribution in [-0.2, 0) is 0 Å². The highest BCUT2D eigenvalue weighted by molar-refractivity contribution is 6.33. The first kappa shape index (κ1) is 9.30. The van der Waals surface area contributed by atoms with E-state index in [0.717, 1.165) is 11.0 Å². The summed E-state index contributed by atoms with van der Waals surface area (Å²) in [5.74, 6) is 0.531. The zero-order valence-electron chi connectivity index (χ0n) is 8.18. The summed E-state index contributed by atoms with van der Waals surface area (Å²) in [6.45, 7) is 0. The Hall–Kier alpha value is -1.94. The number of H-pyrrole nitrogens is 1. The van der Waals surface area contributed by atoms with Crippen molar-refractivity contribution in [2.75, 3.05) is 0 Å². The van der Waals surface area contributed by atoms with E-state index in [1.165, 1.54) is 0 Å². The second-order valence-electron chi connectivity index (χ2n) is 3.31. The van der Waals surface area contributed by atoms with Crippen molar-refractivity contribution < 1.29 is 0 Å². The molecular weight excluding hydrogens is 224 g/mol. The summed E-state index contributed by atoms with van der Waals surface area (Å²) in [5.41, 5.74) is 1.38. The van der Waals surface area contributed by atoms with Gasteiger partial charge < -0.3 is 4.98 Å². The summed E-state index contributed by atoms with van der Waals surface area (Å²) >= 11 is 6.14. The third-order valence-corrected chi connectivity index (χ3v) is 2.55. The Kier molecular flexibility index (Phi) is 2.08. The van der Waals surface area contributed by atoms with Crippen LogP contribution in [0.5, 0.6) is 0 Å². The third kappa shape index (κ3) is 1.44. The maximum atomic E-state index is 6.14. The average molecular weight is 231 g/mol. The first-order valence-corrected chi connectivity index (χ1v) is 5.13. The van der Waals surface area contributed by atoms with Crippen LogP contribution in [0.15, 0.2) is 36.8 Å². The molecule has 0 amide bonds. The Morgan fingerprint density at radius 1 is 1.19 bits per heavy atom. The number of fused-ring (bicyclic) bond motifs is 1. The molecule has 16 heavy (non-hydrogen) atoms. The molecule has 0 aromatic carbocycles. The summed E-state index contributed by atoms with van der Waals surface area (Å²) < 4.78 is 0. The van der Waals surface area contributed by atoms with Crippen LogP contribution >= 0.6 is 11.6 Å². The van der Waals surface area contributed by atoms with E-state index in [4.69, 9.17) is 11.6 Å².